The molecule has 2 saturated heterocycles. The Morgan fingerprint density at radius 3 is 3.00 bits per heavy atom. The van der Waals surface area contributed by atoms with Gasteiger partial charge in [-0.25, -0.2) is 0 Å². The number of hydrogen-bond acceptors (Lipinski definition) is 3. The number of aromatic nitrogens is 1. The van der Waals surface area contributed by atoms with Crippen molar-refractivity contribution in [2.45, 2.75) is 37.9 Å². The molecule has 0 spiro atoms. The van der Waals surface area contributed by atoms with E-state index in [1.165, 1.54) is 43.3 Å². The van der Waals surface area contributed by atoms with Crippen LogP contribution in [-0.2, 0) is 6.54 Å². The van der Waals surface area contributed by atoms with E-state index in [9.17, 15) is 0 Å². The molecule has 2 bridgehead atoms. The molecule has 3 heterocycles. The first-order chi connectivity index (χ1) is 9.87. The molecule has 4 heteroatoms. The van der Waals surface area contributed by atoms with Crippen molar-refractivity contribution in [3.63, 3.8) is 0 Å². The summed E-state index contributed by atoms with van der Waals surface area (Å²) in [5.74, 6) is 0. The van der Waals surface area contributed by atoms with Crippen molar-refractivity contribution in [1.29, 1.82) is 0 Å². The highest BCUT2D eigenvalue weighted by atomic mass is 35.5. The molecule has 112 valence electrons. The van der Waals surface area contributed by atoms with Crippen LogP contribution in [0.4, 0.5) is 0 Å². The van der Waals surface area contributed by atoms with Crippen LogP contribution >= 0.6 is 12.4 Å². The average molecular weight is 304 g/mol. The molecule has 1 aromatic heterocycles. The van der Waals surface area contributed by atoms with Gasteiger partial charge < -0.3 is 5.32 Å². The molecule has 2 atom stereocenters. The molecule has 4 rings (SSSR count). The van der Waals surface area contributed by atoms with Gasteiger partial charge in [0.2, 0.25) is 0 Å². The fourth-order valence-corrected chi connectivity index (χ4v) is 3.64. The second-order valence-electron chi connectivity index (χ2n) is 6.19. The third kappa shape index (κ3) is 3.20. The van der Waals surface area contributed by atoms with Crippen LogP contribution in [0.15, 0.2) is 36.5 Å². The number of pyridine rings is 1. The molecule has 2 fully saturated rings. The summed E-state index contributed by atoms with van der Waals surface area (Å²) in [6.07, 6.45) is 5.88. The Labute approximate surface area is 132 Å². The van der Waals surface area contributed by atoms with Crippen LogP contribution in [0.1, 0.15) is 24.8 Å². The molecule has 2 aromatic rings. The highest BCUT2D eigenvalue weighted by molar-refractivity contribution is 5.85. The van der Waals surface area contributed by atoms with Gasteiger partial charge in [-0.1, -0.05) is 12.1 Å². The van der Waals surface area contributed by atoms with Crippen LogP contribution in [0.5, 0.6) is 0 Å². The molecule has 0 amide bonds. The first-order valence-electron chi connectivity index (χ1n) is 7.69. The molecule has 0 aliphatic carbocycles. The molecule has 2 aliphatic rings. The maximum absolute atomic E-state index is 4.39. The van der Waals surface area contributed by atoms with Gasteiger partial charge >= 0.3 is 0 Å². The van der Waals surface area contributed by atoms with E-state index in [1.54, 1.807) is 0 Å². The van der Waals surface area contributed by atoms with Crippen molar-refractivity contribution >= 4 is 23.3 Å². The normalized spacial score (nSPS) is 25.5. The molecule has 3 nitrogen and oxygen atoms in total. The number of hydrogen-bond donors (Lipinski definition) is 1. The number of likely N-dealkylation sites (tertiary alicyclic amines) is 1. The van der Waals surface area contributed by atoms with Crippen molar-refractivity contribution in [3.8, 4) is 0 Å². The van der Waals surface area contributed by atoms with Gasteiger partial charge in [-0.15, -0.1) is 12.4 Å². The standard InChI is InChI=1S/C17H21N3.ClH/c1-2-14-10-13(3-6-17(14)18-8-1)11-20-9-7-15-4-5-16(12-20)19-15;/h1-3,6,8,10,15-16,19H,4-5,7,9,11-12H2;1H. The lowest BCUT2D eigenvalue weighted by Gasteiger charge is -2.24. The summed E-state index contributed by atoms with van der Waals surface area (Å²) in [5, 5.41) is 5.00. The minimum atomic E-state index is 0. The Morgan fingerprint density at radius 1 is 1.14 bits per heavy atom. The summed E-state index contributed by atoms with van der Waals surface area (Å²) < 4.78 is 0. The SMILES string of the molecule is Cl.c1cnc2ccc(CN3CCC4CCC(C3)N4)cc2c1. The molecule has 1 N–H and O–H groups in total. The van der Waals surface area contributed by atoms with Crippen LogP contribution in [-0.4, -0.2) is 35.1 Å². The fourth-order valence-electron chi connectivity index (χ4n) is 3.64. The van der Waals surface area contributed by atoms with Crippen LogP contribution in [0.25, 0.3) is 10.9 Å². The zero-order chi connectivity index (χ0) is 13.4. The van der Waals surface area contributed by atoms with Crippen molar-refractivity contribution < 1.29 is 0 Å². The summed E-state index contributed by atoms with van der Waals surface area (Å²) in [6, 6.07) is 12.3. The summed E-state index contributed by atoms with van der Waals surface area (Å²) in [4.78, 5) is 7.00. The van der Waals surface area contributed by atoms with Gasteiger partial charge in [-0.2, -0.15) is 0 Å². The van der Waals surface area contributed by atoms with E-state index in [1.807, 2.05) is 12.3 Å². The van der Waals surface area contributed by atoms with E-state index in [-0.39, 0.29) is 12.4 Å². The van der Waals surface area contributed by atoms with E-state index < -0.39 is 0 Å². The van der Waals surface area contributed by atoms with Crippen LogP contribution in [0.3, 0.4) is 0 Å². The van der Waals surface area contributed by atoms with Gasteiger partial charge in [0.1, 0.15) is 0 Å². The third-order valence-electron chi connectivity index (χ3n) is 4.68. The van der Waals surface area contributed by atoms with Gasteiger partial charge in [-0.05, 0) is 43.0 Å². The van der Waals surface area contributed by atoms with Crippen molar-refractivity contribution in [1.82, 2.24) is 15.2 Å². The highest BCUT2D eigenvalue weighted by Gasteiger charge is 2.28. The number of rotatable bonds is 2. The lowest BCUT2D eigenvalue weighted by Crippen LogP contribution is -2.34. The number of halogens is 1. The Bertz CT molecular complexity index is 616. The Balaban J connectivity index is 0.00000132. The number of fused-ring (bicyclic) bond motifs is 3. The first-order valence-corrected chi connectivity index (χ1v) is 7.69. The smallest absolute Gasteiger partial charge is 0.0702 e. The zero-order valence-corrected chi connectivity index (χ0v) is 13.0. The second-order valence-corrected chi connectivity index (χ2v) is 6.19. The van der Waals surface area contributed by atoms with Gasteiger partial charge in [0.15, 0.2) is 0 Å². The molecule has 1 aromatic carbocycles. The van der Waals surface area contributed by atoms with Gasteiger partial charge in [0.05, 0.1) is 5.52 Å². The van der Waals surface area contributed by atoms with Gasteiger partial charge in [0.25, 0.3) is 0 Å². The molecule has 0 radical (unpaired) electrons. The fraction of sp³-hybridized carbons (Fsp3) is 0.471. The van der Waals surface area contributed by atoms with Crippen LogP contribution in [0, 0.1) is 0 Å². The highest BCUT2D eigenvalue weighted by Crippen LogP contribution is 2.22. The van der Waals surface area contributed by atoms with E-state index in [0.29, 0.717) is 6.04 Å². The van der Waals surface area contributed by atoms with Crippen LogP contribution in [0.2, 0.25) is 0 Å². The van der Waals surface area contributed by atoms with E-state index in [4.69, 9.17) is 0 Å². The molecule has 0 saturated carbocycles. The van der Waals surface area contributed by atoms with Crippen molar-refractivity contribution in [2.24, 2.45) is 0 Å². The lowest BCUT2D eigenvalue weighted by atomic mass is 10.1. The van der Waals surface area contributed by atoms with Gasteiger partial charge in [-0.3, -0.25) is 9.88 Å². The summed E-state index contributed by atoms with van der Waals surface area (Å²) >= 11 is 0. The van der Waals surface area contributed by atoms with Gasteiger partial charge in [0, 0.05) is 43.3 Å². The maximum Gasteiger partial charge on any atom is 0.0702 e. The maximum atomic E-state index is 4.39. The monoisotopic (exact) mass is 303 g/mol. The van der Waals surface area contributed by atoms with Crippen LogP contribution < -0.4 is 5.32 Å². The quantitative estimate of drug-likeness (QED) is 0.924. The van der Waals surface area contributed by atoms with Crippen molar-refractivity contribution in [3.05, 3.63) is 42.1 Å². The predicted molar refractivity (Wildman–Crippen MR) is 88.8 cm³/mol. The van der Waals surface area contributed by atoms with E-state index >= 15 is 0 Å². The topological polar surface area (TPSA) is 28.2 Å². The average Bonchev–Trinajstić information content (AvgIpc) is 2.81. The Hall–Kier alpha value is -1.16. The first kappa shape index (κ1) is 14.8. The molecule has 2 unspecified atom stereocenters. The zero-order valence-electron chi connectivity index (χ0n) is 12.2. The minimum absolute atomic E-state index is 0. The van der Waals surface area contributed by atoms with Crippen molar-refractivity contribution in [2.75, 3.05) is 13.1 Å². The lowest BCUT2D eigenvalue weighted by molar-refractivity contribution is 0.251. The Morgan fingerprint density at radius 2 is 2.05 bits per heavy atom. The summed E-state index contributed by atoms with van der Waals surface area (Å²) in [6.45, 7) is 3.48. The molecular weight excluding hydrogens is 282 g/mol. The minimum Gasteiger partial charge on any atom is -0.310 e. The largest absolute Gasteiger partial charge is 0.310 e. The number of benzene rings is 1. The van der Waals surface area contributed by atoms with E-state index in [2.05, 4.69) is 39.5 Å². The Kier molecular flexibility index (Phi) is 4.43. The molecule has 21 heavy (non-hydrogen) atoms. The summed E-state index contributed by atoms with van der Waals surface area (Å²) in [7, 11) is 0. The second kappa shape index (κ2) is 6.30. The number of nitrogens with one attached hydrogen (secondary N) is 1. The third-order valence-corrected chi connectivity index (χ3v) is 4.68. The predicted octanol–water partition coefficient (Wildman–Crippen LogP) is 2.98. The van der Waals surface area contributed by atoms with E-state index in [0.717, 1.165) is 18.1 Å². The number of nitrogens with zero attached hydrogens (tertiary/aromatic N) is 2. The molecular formula is C17H22ClN3. The summed E-state index contributed by atoms with van der Waals surface area (Å²) in [5.41, 5.74) is 2.50. The molecule has 2 aliphatic heterocycles.